The second-order valence-corrected chi connectivity index (χ2v) is 5.82. The molecule has 2 heteroatoms. The van der Waals surface area contributed by atoms with Crippen molar-refractivity contribution in [2.75, 3.05) is 6.61 Å². The zero-order valence-electron chi connectivity index (χ0n) is 12.0. The van der Waals surface area contributed by atoms with Crippen molar-refractivity contribution in [3.8, 4) is 5.75 Å². The van der Waals surface area contributed by atoms with Crippen LogP contribution in [-0.4, -0.2) is 17.3 Å². The molecule has 1 fully saturated rings. The molecule has 0 aliphatic heterocycles. The second kappa shape index (κ2) is 6.95. The van der Waals surface area contributed by atoms with Gasteiger partial charge in [0.1, 0.15) is 12.4 Å². The van der Waals surface area contributed by atoms with E-state index in [0.717, 1.165) is 37.9 Å². The van der Waals surface area contributed by atoms with Crippen LogP contribution in [0.5, 0.6) is 5.75 Å². The first-order chi connectivity index (χ1) is 9.22. The van der Waals surface area contributed by atoms with E-state index < -0.39 is 5.60 Å². The van der Waals surface area contributed by atoms with Gasteiger partial charge in [-0.2, -0.15) is 0 Å². The fourth-order valence-corrected chi connectivity index (χ4v) is 2.71. The molecule has 0 saturated heterocycles. The van der Waals surface area contributed by atoms with Gasteiger partial charge in [-0.3, -0.25) is 0 Å². The van der Waals surface area contributed by atoms with Gasteiger partial charge in [0.25, 0.3) is 0 Å². The summed E-state index contributed by atoms with van der Waals surface area (Å²) < 4.78 is 5.76. The molecule has 0 atom stereocenters. The lowest BCUT2D eigenvalue weighted by molar-refractivity contribution is -0.0339. The van der Waals surface area contributed by atoms with Crippen molar-refractivity contribution in [3.05, 3.63) is 29.8 Å². The highest BCUT2D eigenvalue weighted by atomic mass is 16.5. The summed E-state index contributed by atoms with van der Waals surface area (Å²) in [7, 11) is 0. The van der Waals surface area contributed by atoms with E-state index >= 15 is 0 Å². The highest BCUT2D eigenvalue weighted by molar-refractivity contribution is 5.27. The highest BCUT2D eigenvalue weighted by Crippen LogP contribution is 2.28. The van der Waals surface area contributed by atoms with Crippen LogP contribution >= 0.6 is 0 Å². The Morgan fingerprint density at radius 3 is 2.42 bits per heavy atom. The highest BCUT2D eigenvalue weighted by Gasteiger charge is 2.29. The molecule has 1 aromatic rings. The zero-order valence-corrected chi connectivity index (χ0v) is 12.0. The number of aryl methyl sites for hydroxylation is 1. The minimum Gasteiger partial charge on any atom is -0.491 e. The van der Waals surface area contributed by atoms with Gasteiger partial charge in [-0.25, -0.2) is 0 Å². The van der Waals surface area contributed by atoms with E-state index in [4.69, 9.17) is 4.74 Å². The summed E-state index contributed by atoms with van der Waals surface area (Å²) in [5, 5.41) is 10.4. The lowest BCUT2D eigenvalue weighted by atomic mass is 9.85. The number of hydrogen-bond acceptors (Lipinski definition) is 2. The maximum absolute atomic E-state index is 10.4. The molecule has 1 saturated carbocycles. The Morgan fingerprint density at radius 1 is 1.11 bits per heavy atom. The van der Waals surface area contributed by atoms with E-state index in [1.54, 1.807) is 0 Å². The fourth-order valence-electron chi connectivity index (χ4n) is 2.71. The van der Waals surface area contributed by atoms with E-state index in [2.05, 4.69) is 19.1 Å². The third-order valence-electron chi connectivity index (χ3n) is 4.03. The summed E-state index contributed by atoms with van der Waals surface area (Å²) in [5.41, 5.74) is 0.768. The van der Waals surface area contributed by atoms with E-state index in [1.807, 2.05) is 12.1 Å². The standard InChI is InChI=1S/C17H26O2/c1-2-3-7-15-8-10-16(11-9-15)19-14-17(18)12-5-4-6-13-17/h8-11,18H,2-7,12-14H2,1H3. The minimum atomic E-state index is -0.598. The number of hydrogen-bond donors (Lipinski definition) is 1. The van der Waals surface area contributed by atoms with Crippen LogP contribution in [-0.2, 0) is 6.42 Å². The molecule has 2 rings (SSSR count). The Bertz CT molecular complexity index is 363. The third kappa shape index (κ3) is 4.54. The van der Waals surface area contributed by atoms with Crippen molar-refractivity contribution in [3.63, 3.8) is 0 Å². The second-order valence-electron chi connectivity index (χ2n) is 5.82. The topological polar surface area (TPSA) is 29.5 Å². The molecule has 1 aromatic carbocycles. The van der Waals surface area contributed by atoms with Crippen molar-refractivity contribution in [2.24, 2.45) is 0 Å². The van der Waals surface area contributed by atoms with Gasteiger partial charge in [-0.15, -0.1) is 0 Å². The van der Waals surface area contributed by atoms with Crippen LogP contribution in [0.25, 0.3) is 0 Å². The number of aliphatic hydroxyl groups is 1. The van der Waals surface area contributed by atoms with Gasteiger partial charge < -0.3 is 9.84 Å². The fraction of sp³-hybridized carbons (Fsp3) is 0.647. The summed E-state index contributed by atoms with van der Waals surface area (Å²) in [5.74, 6) is 0.874. The molecule has 0 unspecified atom stereocenters. The molecule has 0 aromatic heterocycles. The average molecular weight is 262 g/mol. The Morgan fingerprint density at radius 2 is 1.79 bits per heavy atom. The number of ether oxygens (including phenoxy) is 1. The first-order valence-corrected chi connectivity index (χ1v) is 7.66. The van der Waals surface area contributed by atoms with Gasteiger partial charge in [0.2, 0.25) is 0 Å². The molecule has 1 aliphatic rings. The maximum Gasteiger partial charge on any atom is 0.119 e. The normalized spacial score (nSPS) is 18.2. The van der Waals surface area contributed by atoms with E-state index in [9.17, 15) is 5.11 Å². The predicted octanol–water partition coefficient (Wildman–Crippen LogP) is 4.10. The first kappa shape index (κ1) is 14.4. The Balaban J connectivity index is 1.82. The van der Waals surface area contributed by atoms with Crippen LogP contribution in [0.3, 0.4) is 0 Å². The van der Waals surface area contributed by atoms with Gasteiger partial charge >= 0.3 is 0 Å². The Hall–Kier alpha value is -1.02. The van der Waals surface area contributed by atoms with Gasteiger partial charge in [-0.1, -0.05) is 44.7 Å². The molecule has 0 amide bonds. The number of unbranched alkanes of at least 4 members (excludes halogenated alkanes) is 1. The summed E-state index contributed by atoms with van der Waals surface area (Å²) >= 11 is 0. The van der Waals surface area contributed by atoms with Crippen molar-refractivity contribution >= 4 is 0 Å². The lowest BCUT2D eigenvalue weighted by Gasteiger charge is -2.31. The largest absolute Gasteiger partial charge is 0.491 e. The lowest BCUT2D eigenvalue weighted by Crippen LogP contribution is -2.37. The molecule has 1 aliphatic carbocycles. The van der Waals surface area contributed by atoms with Gasteiger partial charge in [-0.05, 0) is 43.4 Å². The number of benzene rings is 1. The molecule has 1 N–H and O–H groups in total. The molecule has 0 spiro atoms. The van der Waals surface area contributed by atoms with E-state index in [-0.39, 0.29) is 0 Å². The van der Waals surface area contributed by atoms with E-state index in [0.29, 0.717) is 6.61 Å². The SMILES string of the molecule is CCCCc1ccc(OCC2(O)CCCCC2)cc1. The van der Waals surface area contributed by atoms with Crippen LogP contribution in [0.2, 0.25) is 0 Å². The smallest absolute Gasteiger partial charge is 0.119 e. The molecule has 2 nitrogen and oxygen atoms in total. The van der Waals surface area contributed by atoms with Crippen molar-refractivity contribution in [1.82, 2.24) is 0 Å². The van der Waals surface area contributed by atoms with Gasteiger partial charge in [0.15, 0.2) is 0 Å². The van der Waals surface area contributed by atoms with Crippen molar-refractivity contribution in [1.29, 1.82) is 0 Å². The summed E-state index contributed by atoms with van der Waals surface area (Å²) in [6, 6.07) is 8.32. The van der Waals surface area contributed by atoms with Gasteiger partial charge in [0.05, 0.1) is 5.60 Å². The summed E-state index contributed by atoms with van der Waals surface area (Å²) in [6.45, 7) is 2.64. The minimum absolute atomic E-state index is 0.432. The monoisotopic (exact) mass is 262 g/mol. The van der Waals surface area contributed by atoms with Crippen LogP contribution in [0.1, 0.15) is 57.4 Å². The van der Waals surface area contributed by atoms with Crippen molar-refractivity contribution in [2.45, 2.75) is 63.9 Å². The molecule has 106 valence electrons. The quantitative estimate of drug-likeness (QED) is 0.836. The zero-order chi connectivity index (χ0) is 13.6. The van der Waals surface area contributed by atoms with Gasteiger partial charge in [0, 0.05) is 0 Å². The van der Waals surface area contributed by atoms with Crippen LogP contribution in [0, 0.1) is 0 Å². The summed E-state index contributed by atoms with van der Waals surface area (Å²) in [4.78, 5) is 0. The maximum atomic E-state index is 10.4. The molecular formula is C17H26O2. The third-order valence-corrected chi connectivity index (χ3v) is 4.03. The van der Waals surface area contributed by atoms with Crippen LogP contribution in [0.15, 0.2) is 24.3 Å². The van der Waals surface area contributed by atoms with Crippen molar-refractivity contribution < 1.29 is 9.84 Å². The van der Waals surface area contributed by atoms with Crippen LogP contribution in [0.4, 0.5) is 0 Å². The summed E-state index contributed by atoms with van der Waals surface area (Å²) in [6.07, 6.45) is 8.84. The predicted molar refractivity (Wildman–Crippen MR) is 78.6 cm³/mol. The molecule has 0 radical (unpaired) electrons. The molecular weight excluding hydrogens is 236 g/mol. The average Bonchev–Trinajstić information content (AvgIpc) is 2.45. The first-order valence-electron chi connectivity index (χ1n) is 7.66. The number of rotatable bonds is 6. The molecule has 0 bridgehead atoms. The molecule has 0 heterocycles. The Kier molecular flexibility index (Phi) is 5.26. The van der Waals surface area contributed by atoms with E-state index in [1.165, 1.54) is 24.8 Å². The Labute approximate surface area is 116 Å². The molecule has 19 heavy (non-hydrogen) atoms. The van der Waals surface area contributed by atoms with Crippen LogP contribution < -0.4 is 4.74 Å².